The van der Waals surface area contributed by atoms with E-state index in [9.17, 15) is 4.79 Å². The lowest BCUT2D eigenvalue weighted by molar-refractivity contribution is 0.102. The highest BCUT2D eigenvalue weighted by Gasteiger charge is 2.23. The van der Waals surface area contributed by atoms with Crippen LogP contribution in [0, 0.1) is 6.92 Å². The summed E-state index contributed by atoms with van der Waals surface area (Å²) in [6.45, 7) is 2.03. The fourth-order valence-corrected chi connectivity index (χ4v) is 3.61. The molecule has 0 saturated heterocycles. The number of nitrogens with one attached hydrogen (secondary N) is 2. The van der Waals surface area contributed by atoms with Crippen molar-refractivity contribution in [3.8, 4) is 17.2 Å². The van der Waals surface area contributed by atoms with Gasteiger partial charge in [-0.25, -0.2) is 0 Å². The number of para-hydroxylation sites is 2. The van der Waals surface area contributed by atoms with Crippen molar-refractivity contribution in [3.63, 3.8) is 0 Å². The summed E-state index contributed by atoms with van der Waals surface area (Å²) >= 11 is 3.45. The molecule has 30 heavy (non-hydrogen) atoms. The van der Waals surface area contributed by atoms with Crippen LogP contribution in [0.25, 0.3) is 0 Å². The average molecular weight is 471 g/mol. The van der Waals surface area contributed by atoms with Crippen molar-refractivity contribution in [2.24, 2.45) is 0 Å². The molecular weight excluding hydrogens is 448 g/mol. The van der Waals surface area contributed by atoms with E-state index in [1.54, 1.807) is 6.07 Å². The molecule has 3 aromatic rings. The van der Waals surface area contributed by atoms with Crippen LogP contribution in [0.3, 0.4) is 0 Å². The summed E-state index contributed by atoms with van der Waals surface area (Å²) in [6.07, 6.45) is 0. The molecule has 6 nitrogen and oxygen atoms in total. The lowest BCUT2D eigenvalue weighted by Crippen LogP contribution is -2.14. The molecule has 0 radical (unpaired) electrons. The third-order valence-corrected chi connectivity index (χ3v) is 5.31. The Morgan fingerprint density at radius 1 is 0.867 bits per heavy atom. The highest BCUT2D eigenvalue weighted by Crippen LogP contribution is 2.45. The smallest absolute Gasteiger partial charge is 0.257 e. The van der Waals surface area contributed by atoms with Crippen LogP contribution in [-0.2, 0) is 0 Å². The molecule has 0 aliphatic heterocycles. The Hall–Kier alpha value is -3.19. The highest BCUT2D eigenvalue weighted by atomic mass is 79.9. The van der Waals surface area contributed by atoms with Gasteiger partial charge in [0.05, 0.1) is 42.7 Å². The quantitative estimate of drug-likeness (QED) is 0.457. The number of carbonyl (C=O) groups excluding carboxylic acids is 1. The van der Waals surface area contributed by atoms with E-state index >= 15 is 0 Å². The number of hydrogen-bond acceptors (Lipinski definition) is 5. The number of amides is 1. The predicted molar refractivity (Wildman–Crippen MR) is 123 cm³/mol. The van der Waals surface area contributed by atoms with Gasteiger partial charge in [0.15, 0.2) is 11.5 Å². The van der Waals surface area contributed by atoms with Crippen LogP contribution in [0.5, 0.6) is 17.2 Å². The van der Waals surface area contributed by atoms with Gasteiger partial charge in [-0.15, -0.1) is 0 Å². The molecule has 0 spiro atoms. The average Bonchev–Trinajstić information content (AvgIpc) is 2.76. The molecule has 1 amide bonds. The predicted octanol–water partition coefficient (Wildman–Crippen LogP) is 5.78. The number of ether oxygens (including phenoxy) is 3. The molecule has 0 aliphatic carbocycles. The zero-order chi connectivity index (χ0) is 21.7. The van der Waals surface area contributed by atoms with E-state index < -0.39 is 0 Å². The highest BCUT2D eigenvalue weighted by molar-refractivity contribution is 9.10. The van der Waals surface area contributed by atoms with Crippen molar-refractivity contribution in [1.82, 2.24) is 0 Å². The van der Waals surface area contributed by atoms with E-state index in [4.69, 9.17) is 14.2 Å². The second-order valence-electron chi connectivity index (χ2n) is 6.50. The molecule has 156 valence electrons. The number of anilines is 3. The van der Waals surface area contributed by atoms with E-state index in [0.29, 0.717) is 33.0 Å². The van der Waals surface area contributed by atoms with Crippen molar-refractivity contribution in [2.75, 3.05) is 32.0 Å². The van der Waals surface area contributed by atoms with E-state index in [-0.39, 0.29) is 5.91 Å². The second-order valence-corrected chi connectivity index (χ2v) is 7.29. The molecule has 0 heterocycles. The van der Waals surface area contributed by atoms with Gasteiger partial charge >= 0.3 is 0 Å². The van der Waals surface area contributed by atoms with E-state index in [1.807, 2.05) is 55.5 Å². The zero-order valence-corrected chi connectivity index (χ0v) is 18.8. The standard InChI is InChI=1S/C23H23BrN2O4/c1-14-9-11-15(12-10-14)25-17-7-5-6-8-18(17)26-23(27)16-13-19(28-2)21(29-3)22(30-4)20(16)24/h5-13,25H,1-4H3,(H,26,27). The van der Waals surface area contributed by atoms with Crippen molar-refractivity contribution in [2.45, 2.75) is 6.92 Å². The maximum atomic E-state index is 13.1. The molecule has 2 N–H and O–H groups in total. The molecule has 0 fully saturated rings. The van der Waals surface area contributed by atoms with Gasteiger partial charge in [0, 0.05) is 5.69 Å². The first-order valence-corrected chi connectivity index (χ1v) is 10.00. The molecule has 3 aromatic carbocycles. The normalized spacial score (nSPS) is 10.3. The third-order valence-electron chi connectivity index (χ3n) is 4.52. The lowest BCUT2D eigenvalue weighted by Gasteiger charge is -2.17. The van der Waals surface area contributed by atoms with E-state index in [2.05, 4.69) is 26.6 Å². The molecule has 0 unspecified atom stereocenters. The van der Waals surface area contributed by atoms with Crippen LogP contribution >= 0.6 is 15.9 Å². The molecule has 0 aliphatic rings. The topological polar surface area (TPSA) is 68.8 Å². The first kappa shape index (κ1) is 21.5. The van der Waals surface area contributed by atoms with Gasteiger partial charge in [-0.2, -0.15) is 0 Å². The first-order valence-electron chi connectivity index (χ1n) is 9.21. The van der Waals surface area contributed by atoms with Gasteiger partial charge in [-0.05, 0) is 53.2 Å². The van der Waals surface area contributed by atoms with Crippen LogP contribution < -0.4 is 24.8 Å². The van der Waals surface area contributed by atoms with Crippen LogP contribution in [0.4, 0.5) is 17.1 Å². The summed E-state index contributed by atoms with van der Waals surface area (Å²) in [4.78, 5) is 13.1. The van der Waals surface area contributed by atoms with Crippen molar-refractivity contribution in [3.05, 3.63) is 70.2 Å². The molecule has 3 rings (SSSR count). The maximum absolute atomic E-state index is 13.1. The summed E-state index contributed by atoms with van der Waals surface area (Å²) in [7, 11) is 4.53. The molecule has 0 atom stereocenters. The summed E-state index contributed by atoms with van der Waals surface area (Å²) in [5.41, 5.74) is 3.88. The van der Waals surface area contributed by atoms with Crippen molar-refractivity contribution < 1.29 is 19.0 Å². The molecule has 0 bridgehead atoms. The Labute approximate surface area is 184 Å². The van der Waals surface area contributed by atoms with Crippen molar-refractivity contribution in [1.29, 1.82) is 0 Å². The molecule has 7 heteroatoms. The first-order chi connectivity index (χ1) is 14.5. The van der Waals surface area contributed by atoms with Gasteiger partial charge < -0.3 is 24.8 Å². The minimum Gasteiger partial charge on any atom is -0.493 e. The van der Waals surface area contributed by atoms with E-state index in [1.165, 1.54) is 26.9 Å². The van der Waals surface area contributed by atoms with Gasteiger partial charge in [-0.1, -0.05) is 29.8 Å². The van der Waals surface area contributed by atoms with Crippen LogP contribution in [0.2, 0.25) is 0 Å². The van der Waals surface area contributed by atoms with Crippen LogP contribution in [0.15, 0.2) is 59.1 Å². The van der Waals surface area contributed by atoms with Gasteiger partial charge in [0.2, 0.25) is 5.75 Å². The number of hydrogen-bond donors (Lipinski definition) is 2. The minimum atomic E-state index is -0.320. The van der Waals surface area contributed by atoms with Crippen molar-refractivity contribution >= 4 is 38.9 Å². The largest absolute Gasteiger partial charge is 0.493 e. The Morgan fingerprint density at radius 2 is 1.50 bits per heavy atom. The van der Waals surface area contributed by atoms with Gasteiger partial charge in [0.25, 0.3) is 5.91 Å². The summed E-state index contributed by atoms with van der Waals surface area (Å²) < 4.78 is 16.6. The SMILES string of the molecule is COc1cc(C(=O)Nc2ccccc2Nc2ccc(C)cc2)c(Br)c(OC)c1OC. The fourth-order valence-electron chi connectivity index (χ4n) is 2.97. The Morgan fingerprint density at radius 3 is 2.10 bits per heavy atom. The number of halogens is 1. The number of methoxy groups -OCH3 is 3. The number of aryl methyl sites for hydroxylation is 1. The van der Waals surface area contributed by atoms with Crippen LogP contribution in [-0.4, -0.2) is 27.2 Å². The number of benzene rings is 3. The summed E-state index contributed by atoms with van der Waals surface area (Å²) in [6, 6.07) is 17.1. The lowest BCUT2D eigenvalue weighted by atomic mass is 10.1. The monoisotopic (exact) mass is 470 g/mol. The maximum Gasteiger partial charge on any atom is 0.257 e. The zero-order valence-electron chi connectivity index (χ0n) is 17.2. The van der Waals surface area contributed by atoms with Gasteiger partial charge in [-0.3, -0.25) is 4.79 Å². The Bertz CT molecular complexity index is 1050. The fraction of sp³-hybridized carbons (Fsp3) is 0.174. The number of carbonyl (C=O) groups is 1. The van der Waals surface area contributed by atoms with Gasteiger partial charge in [0.1, 0.15) is 0 Å². The van der Waals surface area contributed by atoms with E-state index in [0.717, 1.165) is 11.4 Å². The Kier molecular flexibility index (Phi) is 6.84. The minimum absolute atomic E-state index is 0.320. The summed E-state index contributed by atoms with van der Waals surface area (Å²) in [5, 5.41) is 6.29. The molecular formula is C23H23BrN2O4. The van der Waals surface area contributed by atoms with Crippen LogP contribution in [0.1, 0.15) is 15.9 Å². The summed E-state index contributed by atoms with van der Waals surface area (Å²) in [5.74, 6) is 0.867. The Balaban J connectivity index is 1.92. The third kappa shape index (κ3) is 4.52. The number of rotatable bonds is 7. The molecule has 0 aromatic heterocycles. The second kappa shape index (κ2) is 9.54. The molecule has 0 saturated carbocycles.